The fourth-order valence-corrected chi connectivity index (χ4v) is 23.8. The molecule has 10 nitrogen and oxygen atoms in total. The minimum atomic E-state index is -0.404. The predicted molar refractivity (Wildman–Crippen MR) is 589 cm³/mol. The van der Waals surface area contributed by atoms with Crippen molar-refractivity contribution in [3.63, 3.8) is 0 Å². The van der Waals surface area contributed by atoms with Crippen LogP contribution in [-0.2, 0) is 21.7 Å². The summed E-state index contributed by atoms with van der Waals surface area (Å²) in [6.07, 6.45) is 9.11. The van der Waals surface area contributed by atoms with Gasteiger partial charge >= 0.3 is 0 Å². The Morgan fingerprint density at radius 2 is 0.423 bits per heavy atom. The maximum Gasteiger partial charge on any atom is 0.266 e. The number of hydrogen-bond acceptors (Lipinski definition) is 8. The van der Waals surface area contributed by atoms with Gasteiger partial charge in [0.25, 0.3) is 23.6 Å². The number of nitrogens with zero attached hydrogens (tertiary/aromatic N) is 2. The number of anilines is 2. The molecular weight excluding hydrogens is 1740 g/mol. The molecule has 0 saturated carbocycles. The number of ether oxygens (including phenoxy) is 4. The molecule has 696 valence electrons. The van der Waals surface area contributed by atoms with Gasteiger partial charge in [0.1, 0.15) is 46.0 Å². The number of amides is 4. The van der Waals surface area contributed by atoms with Crippen LogP contribution in [0.3, 0.4) is 0 Å². The highest BCUT2D eigenvalue weighted by Gasteiger charge is 2.45. The van der Waals surface area contributed by atoms with Crippen molar-refractivity contribution in [3.05, 3.63) is 344 Å². The van der Waals surface area contributed by atoms with Gasteiger partial charge in [-0.25, -0.2) is 9.80 Å². The highest BCUT2D eigenvalue weighted by Crippen LogP contribution is 2.62. The highest BCUT2D eigenvalue weighted by molar-refractivity contribution is 6.48. The summed E-state index contributed by atoms with van der Waals surface area (Å²) in [5, 5.41) is 18.2. The molecule has 0 unspecified atom stereocenters. The zero-order valence-electron chi connectivity index (χ0n) is 84.0. The molecular formula is C132H110N2O8. The Labute approximate surface area is 827 Å². The largest absolute Gasteiger partial charge is 0.457 e. The van der Waals surface area contributed by atoms with Crippen LogP contribution in [0.15, 0.2) is 255 Å². The molecule has 3 aliphatic carbocycles. The first-order chi connectivity index (χ1) is 67.9. The van der Waals surface area contributed by atoms with Crippen molar-refractivity contribution in [1.82, 2.24) is 0 Å². The maximum atomic E-state index is 16.3. The lowest BCUT2D eigenvalue weighted by Crippen LogP contribution is -2.42. The summed E-state index contributed by atoms with van der Waals surface area (Å²) in [5.41, 5.74) is 24.0. The lowest BCUT2D eigenvalue weighted by molar-refractivity contribution is 0.0877. The summed E-state index contributed by atoms with van der Waals surface area (Å²) in [7, 11) is 0. The molecule has 20 aromatic rings. The Kier molecular flexibility index (Phi) is 19.2. The summed E-state index contributed by atoms with van der Waals surface area (Å²) in [4.78, 5) is 67.9. The van der Waals surface area contributed by atoms with E-state index < -0.39 is 23.6 Å². The molecule has 0 spiro atoms. The number of imide groups is 2. The predicted octanol–water partition coefficient (Wildman–Crippen LogP) is 36.5. The van der Waals surface area contributed by atoms with Crippen LogP contribution in [0.4, 0.5) is 11.4 Å². The van der Waals surface area contributed by atoms with Gasteiger partial charge in [-0.3, -0.25) is 19.2 Å². The van der Waals surface area contributed by atoms with Gasteiger partial charge in [0.15, 0.2) is 0 Å². The Bertz CT molecular complexity index is 8080. The first-order valence-corrected chi connectivity index (χ1v) is 50.2. The first-order valence-electron chi connectivity index (χ1n) is 50.2. The van der Waals surface area contributed by atoms with Gasteiger partial charge < -0.3 is 18.9 Å². The fourth-order valence-electron chi connectivity index (χ4n) is 23.8. The molecule has 20 aromatic carbocycles. The molecule has 142 heavy (non-hydrogen) atoms. The molecule has 25 rings (SSSR count). The molecule has 0 saturated heterocycles. The van der Waals surface area contributed by atoms with E-state index in [0.717, 1.165) is 208 Å². The van der Waals surface area contributed by atoms with Crippen molar-refractivity contribution in [2.45, 2.75) is 184 Å². The normalized spacial score (nSPS) is 14.5. The van der Waals surface area contributed by atoms with Crippen LogP contribution in [0, 0.1) is 0 Å². The molecule has 0 radical (unpaired) electrons. The number of hydrogen-bond donors (Lipinski definition) is 0. The lowest BCUT2D eigenvalue weighted by Gasteiger charge is -2.33. The van der Waals surface area contributed by atoms with E-state index in [1.165, 1.54) is 9.80 Å². The van der Waals surface area contributed by atoms with Gasteiger partial charge in [-0.2, -0.15) is 0 Å². The Balaban J connectivity index is 0.628. The molecule has 0 N–H and O–H groups in total. The monoisotopic (exact) mass is 1850 g/mol. The quantitative estimate of drug-likeness (QED) is 0.0601. The van der Waals surface area contributed by atoms with Crippen LogP contribution >= 0.6 is 0 Å². The minimum absolute atomic E-state index is 0.00921. The third-order valence-corrected chi connectivity index (χ3v) is 31.1. The SMILES string of the molecule is CC(C)c1cccc(C(C)C)c1N1C(=O)c2cc(Oc3ccc(C(C)(C)C)cc3)c3c4ccc5c6c(ccc(c7c(Oc8ccc(C(C)(C)C)cc8)cc(c2c37)C1=O)c64)-c1cc2cc3c(cc2cc1-5)/C=C\c1cc2cc4c(cc2cc1/C=C\3)-c1ccc2c3c(Oc5ccc(C(C)(C)C)cc5)cc5c6c(cc(Oc7ccc(C(C)(C)C)cc7)c(c7ccc-4c1c72)c63)C(=O)N(c1c(C(C)C)cccc1C(C)C)C5=O. The molecule has 4 amide bonds. The number of para-hydroxylation sites is 2. The molecule has 2 aliphatic heterocycles. The third kappa shape index (κ3) is 13.2. The van der Waals surface area contributed by atoms with E-state index in [2.05, 4.69) is 308 Å². The van der Waals surface area contributed by atoms with Gasteiger partial charge in [0.05, 0.1) is 33.6 Å². The van der Waals surface area contributed by atoms with E-state index in [1.807, 2.05) is 109 Å². The summed E-state index contributed by atoms with van der Waals surface area (Å²) < 4.78 is 29.5. The van der Waals surface area contributed by atoms with Crippen molar-refractivity contribution in [2.24, 2.45) is 0 Å². The minimum Gasteiger partial charge on any atom is -0.457 e. The van der Waals surface area contributed by atoms with Crippen molar-refractivity contribution in [1.29, 1.82) is 0 Å². The van der Waals surface area contributed by atoms with Crippen molar-refractivity contribution >= 4 is 167 Å². The second-order valence-electron chi connectivity index (χ2n) is 45.5. The van der Waals surface area contributed by atoms with Crippen LogP contribution < -0.4 is 28.7 Å². The number of rotatable bonds is 14. The summed E-state index contributed by atoms with van der Waals surface area (Å²) >= 11 is 0. The van der Waals surface area contributed by atoms with Gasteiger partial charge in [-0.05, 0) is 343 Å². The van der Waals surface area contributed by atoms with E-state index in [1.54, 1.807) is 0 Å². The Morgan fingerprint density at radius 3 is 0.627 bits per heavy atom. The molecule has 0 atom stereocenters. The van der Waals surface area contributed by atoms with E-state index in [4.69, 9.17) is 18.9 Å². The van der Waals surface area contributed by atoms with E-state index in [9.17, 15) is 0 Å². The molecule has 0 aromatic heterocycles. The molecule has 5 aliphatic rings. The Hall–Kier alpha value is -15.5. The van der Waals surface area contributed by atoms with E-state index >= 15 is 19.2 Å². The van der Waals surface area contributed by atoms with Crippen LogP contribution in [-0.4, -0.2) is 23.6 Å². The maximum absolute atomic E-state index is 16.3. The molecule has 0 fully saturated rings. The number of benzene rings is 20. The first kappa shape index (κ1) is 87.9. The van der Waals surface area contributed by atoms with Gasteiger partial charge in [-0.1, -0.05) is 296 Å². The standard InChI is InChI=1S/C132H110N2O8/c1-67(2)87-23-21-24-88(68(3)4)123(87)133-125(135)103-63-107(139-83-39-31-79(32-40-83)129(9,10)11)117-95-51-47-91-99-59-75-55-71-27-29-73-57-77-61-101-93-49-53-97-114-98(120-110(142-86-45-37-82(38-46-86)132(18,19)20)66-106-116-105(65-109(119(97)122(116)120)141-85-43-35-81(36-44-85)131(15,16)17)127(137)134(128(106)138)124-89(69(5)6)25-22-26-90(124)70(7)8)54-50-94(112(93)114)102(101)62-78(77)58-74(73)30-28-72(71)56-76(75)60-100(99)92-48-52-96(113(95)111(91)92)118-108(64-104(126(133)136)115(103)121(117)118)140-84-41-33-80(34-42-84)130(12,13)14/h21-70H,1-20H3/b29-27-,30-28-,71-27?,72-28?,73-29?,74-30?. The van der Waals surface area contributed by atoms with Crippen LogP contribution in [0.1, 0.15) is 270 Å². The second kappa shape index (κ2) is 31.0. The summed E-state index contributed by atoms with van der Waals surface area (Å²) in [5.74, 6) is 2.82. The number of carbonyl (C=O) groups is 4. The van der Waals surface area contributed by atoms with Crippen molar-refractivity contribution in [3.8, 4) is 90.5 Å². The summed E-state index contributed by atoms with van der Waals surface area (Å²) in [6, 6.07) is 90.0. The zero-order valence-corrected chi connectivity index (χ0v) is 84.0. The Morgan fingerprint density at radius 1 is 0.211 bits per heavy atom. The van der Waals surface area contributed by atoms with Gasteiger partial charge in [0.2, 0.25) is 0 Å². The fraction of sp³-hybridized carbons (Fsp3) is 0.212. The van der Waals surface area contributed by atoms with Crippen LogP contribution in [0.2, 0.25) is 0 Å². The summed E-state index contributed by atoms with van der Waals surface area (Å²) in [6.45, 7) is 43.4. The zero-order chi connectivity index (χ0) is 98.3. The van der Waals surface area contributed by atoms with Gasteiger partial charge in [0, 0.05) is 43.1 Å². The average molecular weight is 1850 g/mol. The van der Waals surface area contributed by atoms with Gasteiger partial charge in [-0.15, -0.1) is 0 Å². The second-order valence-corrected chi connectivity index (χ2v) is 45.5. The third-order valence-electron chi connectivity index (χ3n) is 31.1. The smallest absolute Gasteiger partial charge is 0.266 e. The molecule has 2 heterocycles. The average Bonchev–Trinajstić information content (AvgIpc) is 1.31. The van der Waals surface area contributed by atoms with Crippen LogP contribution in [0.5, 0.6) is 46.0 Å². The van der Waals surface area contributed by atoms with E-state index in [-0.39, 0.29) is 45.3 Å². The molecule has 0 bridgehead atoms. The highest BCUT2D eigenvalue weighted by atomic mass is 16.5. The number of carbonyl (C=O) groups excluding carboxylic acids is 4. The number of fused-ring (bicyclic) bond motifs is 14. The van der Waals surface area contributed by atoms with Crippen molar-refractivity contribution in [2.75, 3.05) is 9.80 Å². The topological polar surface area (TPSA) is 112 Å². The van der Waals surface area contributed by atoms with Crippen molar-refractivity contribution < 1.29 is 38.1 Å². The van der Waals surface area contributed by atoms with Crippen LogP contribution in [0.25, 0.3) is 177 Å². The van der Waals surface area contributed by atoms with E-state index in [0.29, 0.717) is 90.4 Å². The lowest BCUT2D eigenvalue weighted by atomic mass is 9.82. The molecule has 10 heteroatoms.